The Morgan fingerprint density at radius 3 is 1.91 bits per heavy atom. The predicted molar refractivity (Wildman–Crippen MR) is 93.1 cm³/mol. The summed E-state index contributed by atoms with van der Waals surface area (Å²) in [5.41, 5.74) is 5.19. The Kier molecular flexibility index (Phi) is 15.3. The van der Waals surface area contributed by atoms with Gasteiger partial charge in [-0.15, -0.1) is 0 Å². The molecule has 0 saturated heterocycles. The molecule has 0 aromatic heterocycles. The first-order chi connectivity index (χ1) is 10.5. The molecule has 0 aliphatic rings. The van der Waals surface area contributed by atoms with Gasteiger partial charge in [0.15, 0.2) is 0 Å². The number of thioether (sulfide) groups is 2. The average Bonchev–Trinajstić information content (AvgIpc) is 2.43. The van der Waals surface area contributed by atoms with Crippen LogP contribution in [0.25, 0.3) is 0 Å². The van der Waals surface area contributed by atoms with Gasteiger partial charge in [0, 0.05) is 0 Å². The maximum atomic E-state index is 10.6. The molecule has 138 valence electrons. The second kappa shape index (κ2) is 14.1. The molecule has 12 heteroatoms. The molecule has 0 aliphatic carbocycles. The molecule has 7 N–H and O–H groups in total. The summed E-state index contributed by atoms with van der Waals surface area (Å²) in [6.07, 6.45) is 4.06. The molecule has 23 heavy (non-hydrogen) atoms. The average molecular weight is 392 g/mol. The SMILES string of the molecule is CSCCC(N)C(=O)O.CSCCC(NCP(=O)(O)O)C(=O)O. The van der Waals surface area contributed by atoms with Gasteiger partial charge in [0.05, 0.1) is 6.29 Å². The van der Waals surface area contributed by atoms with Crippen LogP contribution >= 0.6 is 31.1 Å². The van der Waals surface area contributed by atoms with Gasteiger partial charge in [0.2, 0.25) is 0 Å². The van der Waals surface area contributed by atoms with E-state index in [2.05, 4.69) is 5.32 Å². The van der Waals surface area contributed by atoms with Gasteiger partial charge in [-0.2, -0.15) is 23.5 Å². The van der Waals surface area contributed by atoms with E-state index in [1.54, 1.807) is 11.8 Å². The fraction of sp³-hybridized carbons (Fsp3) is 0.818. The van der Waals surface area contributed by atoms with E-state index < -0.39 is 37.9 Å². The van der Waals surface area contributed by atoms with Crippen molar-refractivity contribution in [2.45, 2.75) is 24.9 Å². The molecule has 0 aromatic carbocycles. The number of hydrogen-bond donors (Lipinski definition) is 6. The van der Waals surface area contributed by atoms with Crippen molar-refractivity contribution >= 4 is 43.1 Å². The summed E-state index contributed by atoms with van der Waals surface area (Å²) in [6.45, 7) is 0. The van der Waals surface area contributed by atoms with Crippen molar-refractivity contribution in [1.82, 2.24) is 5.32 Å². The van der Waals surface area contributed by atoms with E-state index in [0.717, 1.165) is 5.75 Å². The maximum Gasteiger partial charge on any atom is 0.339 e. The Hall–Kier alpha value is -0.290. The summed E-state index contributed by atoms with van der Waals surface area (Å²) in [5.74, 6) is -0.560. The highest BCUT2D eigenvalue weighted by Crippen LogP contribution is 2.32. The Morgan fingerprint density at radius 2 is 1.57 bits per heavy atom. The molecule has 0 bridgehead atoms. The summed E-state index contributed by atoms with van der Waals surface area (Å²) < 4.78 is 10.5. The van der Waals surface area contributed by atoms with Gasteiger partial charge in [-0.3, -0.25) is 19.5 Å². The summed E-state index contributed by atoms with van der Waals surface area (Å²) in [5, 5.41) is 19.3. The minimum atomic E-state index is -4.17. The smallest absolute Gasteiger partial charge is 0.339 e. The molecule has 0 rings (SSSR count). The van der Waals surface area contributed by atoms with Gasteiger partial charge in [0.1, 0.15) is 12.1 Å². The molecular formula is C11H25N2O7PS2. The van der Waals surface area contributed by atoms with Crippen molar-refractivity contribution < 1.29 is 34.2 Å². The van der Waals surface area contributed by atoms with Gasteiger partial charge < -0.3 is 25.7 Å². The molecule has 0 aromatic rings. The minimum absolute atomic E-state index is 0.344. The molecule has 0 saturated carbocycles. The summed E-state index contributed by atoms with van der Waals surface area (Å²) in [7, 11) is -4.17. The van der Waals surface area contributed by atoms with Gasteiger partial charge in [-0.25, -0.2) is 0 Å². The summed E-state index contributed by atoms with van der Waals surface area (Å²) in [6, 6.07) is -1.58. The molecule has 2 atom stereocenters. The number of carboxylic acid groups (broad SMARTS) is 2. The van der Waals surface area contributed by atoms with Crippen LogP contribution in [0.1, 0.15) is 12.8 Å². The van der Waals surface area contributed by atoms with Crippen LogP contribution in [0.3, 0.4) is 0 Å². The van der Waals surface area contributed by atoms with Gasteiger partial charge in [-0.1, -0.05) is 0 Å². The number of nitrogens with one attached hydrogen (secondary N) is 1. The lowest BCUT2D eigenvalue weighted by molar-refractivity contribution is -0.140. The van der Waals surface area contributed by atoms with Crippen molar-refractivity contribution in [3.05, 3.63) is 0 Å². The number of aliphatic carboxylic acids is 2. The van der Waals surface area contributed by atoms with Crippen molar-refractivity contribution in [2.75, 3.05) is 30.3 Å². The second-order valence-electron chi connectivity index (χ2n) is 4.43. The molecular weight excluding hydrogens is 367 g/mol. The molecule has 2 unspecified atom stereocenters. The van der Waals surface area contributed by atoms with Crippen molar-refractivity contribution in [3.63, 3.8) is 0 Å². The Labute approximate surface area is 143 Å². The van der Waals surface area contributed by atoms with Crippen LogP contribution in [0.2, 0.25) is 0 Å². The zero-order valence-electron chi connectivity index (χ0n) is 13.0. The topological polar surface area (TPSA) is 170 Å². The summed E-state index contributed by atoms with van der Waals surface area (Å²) in [4.78, 5) is 37.7. The van der Waals surface area contributed by atoms with E-state index in [0.29, 0.717) is 18.6 Å². The fourth-order valence-corrected chi connectivity index (χ4v) is 2.57. The van der Waals surface area contributed by atoms with Crippen LogP contribution < -0.4 is 11.1 Å². The fourth-order valence-electron chi connectivity index (χ4n) is 1.15. The van der Waals surface area contributed by atoms with Gasteiger partial charge >= 0.3 is 19.5 Å². The first-order valence-corrected chi connectivity index (χ1v) is 11.1. The highest BCUT2D eigenvalue weighted by molar-refractivity contribution is 7.98. The van der Waals surface area contributed by atoms with E-state index in [9.17, 15) is 14.2 Å². The Bertz CT molecular complexity index is 395. The molecule has 0 fully saturated rings. The highest BCUT2D eigenvalue weighted by Gasteiger charge is 2.21. The predicted octanol–water partition coefficient (Wildman–Crippen LogP) is 0.0689. The normalized spacial score (nSPS) is 13.6. The Morgan fingerprint density at radius 1 is 1.09 bits per heavy atom. The number of carboxylic acids is 2. The minimum Gasteiger partial charge on any atom is -0.480 e. The lowest BCUT2D eigenvalue weighted by atomic mass is 10.2. The maximum absolute atomic E-state index is 10.6. The molecule has 0 spiro atoms. The van der Waals surface area contributed by atoms with Crippen LogP contribution in [-0.2, 0) is 14.2 Å². The summed E-state index contributed by atoms with van der Waals surface area (Å²) >= 11 is 3.09. The van der Waals surface area contributed by atoms with E-state index >= 15 is 0 Å². The van der Waals surface area contributed by atoms with Crippen LogP contribution in [0.4, 0.5) is 0 Å². The van der Waals surface area contributed by atoms with Crippen LogP contribution in [0.15, 0.2) is 0 Å². The van der Waals surface area contributed by atoms with Crippen LogP contribution in [0, 0.1) is 0 Å². The quantitative estimate of drug-likeness (QED) is 0.263. The molecule has 0 aliphatic heterocycles. The molecule has 0 amide bonds. The number of hydrogen-bond acceptors (Lipinski definition) is 7. The van der Waals surface area contributed by atoms with E-state index in [1.165, 1.54) is 11.8 Å². The lowest BCUT2D eigenvalue weighted by Gasteiger charge is -2.13. The molecule has 0 heterocycles. The number of carbonyl (C=O) groups is 2. The Balaban J connectivity index is 0. The van der Waals surface area contributed by atoms with Gasteiger partial charge in [0.25, 0.3) is 0 Å². The van der Waals surface area contributed by atoms with Crippen molar-refractivity contribution in [3.8, 4) is 0 Å². The zero-order chi connectivity index (χ0) is 18.5. The third-order valence-corrected chi connectivity index (χ3v) is 4.28. The zero-order valence-corrected chi connectivity index (χ0v) is 15.6. The van der Waals surface area contributed by atoms with Crippen molar-refractivity contribution in [1.29, 1.82) is 0 Å². The van der Waals surface area contributed by atoms with Crippen LogP contribution in [-0.4, -0.2) is 74.3 Å². The van der Waals surface area contributed by atoms with E-state index in [4.69, 9.17) is 25.7 Å². The molecule has 0 radical (unpaired) electrons. The number of rotatable bonds is 11. The molecule has 9 nitrogen and oxygen atoms in total. The monoisotopic (exact) mass is 392 g/mol. The first kappa shape index (κ1) is 25.0. The first-order valence-electron chi connectivity index (χ1n) is 6.52. The van der Waals surface area contributed by atoms with E-state index in [-0.39, 0.29) is 0 Å². The second-order valence-corrected chi connectivity index (χ2v) is 8.04. The van der Waals surface area contributed by atoms with E-state index in [1.807, 2.05) is 12.5 Å². The number of nitrogens with two attached hydrogens (primary N) is 1. The highest BCUT2D eigenvalue weighted by atomic mass is 32.2. The van der Waals surface area contributed by atoms with Crippen molar-refractivity contribution in [2.24, 2.45) is 5.73 Å². The lowest BCUT2D eigenvalue weighted by Crippen LogP contribution is -2.37. The standard InChI is InChI=1S/C6H14NO5PS.C5H11NO2S/c1-14-3-2-5(6(8)9)7-4-13(10,11)12;1-9-3-2-4(6)5(7)8/h5,7H,2-4H2,1H3,(H,8,9)(H2,10,11,12);4H,2-3,6H2,1H3,(H,7,8). The third kappa shape index (κ3) is 17.9. The third-order valence-electron chi connectivity index (χ3n) is 2.40. The van der Waals surface area contributed by atoms with Crippen LogP contribution in [0.5, 0.6) is 0 Å². The van der Waals surface area contributed by atoms with Gasteiger partial charge in [-0.05, 0) is 36.9 Å². The largest absolute Gasteiger partial charge is 0.480 e.